The number of nitrogens with one attached hydrogen (secondary N) is 2. The van der Waals surface area contributed by atoms with Gasteiger partial charge in [-0.2, -0.15) is 0 Å². The molecule has 1 aromatic rings. The summed E-state index contributed by atoms with van der Waals surface area (Å²) in [6, 6.07) is 1.75. The van der Waals surface area contributed by atoms with Crippen molar-refractivity contribution in [3.05, 3.63) is 22.9 Å². The highest BCUT2D eigenvalue weighted by molar-refractivity contribution is 9.10. The minimum atomic E-state index is -3.61. The van der Waals surface area contributed by atoms with E-state index in [0.717, 1.165) is 12.8 Å². The Kier molecular flexibility index (Phi) is 4.54. The maximum atomic E-state index is 11.9. The molecular weight excluding hydrogens is 334 g/mol. The van der Waals surface area contributed by atoms with Crippen LogP contribution in [-0.2, 0) is 14.8 Å². The molecule has 0 aromatic carbocycles. The number of carbonyl (C=O) groups excluding carboxylic acids is 1. The first-order chi connectivity index (χ1) is 8.97. The van der Waals surface area contributed by atoms with E-state index >= 15 is 0 Å². The van der Waals surface area contributed by atoms with Crippen LogP contribution in [0.5, 0.6) is 0 Å². The third-order valence-electron chi connectivity index (χ3n) is 2.58. The highest BCUT2D eigenvalue weighted by Gasteiger charge is 2.23. The van der Waals surface area contributed by atoms with Gasteiger partial charge >= 0.3 is 0 Å². The number of halogens is 1. The molecule has 1 saturated carbocycles. The first-order valence-electron chi connectivity index (χ1n) is 5.87. The second kappa shape index (κ2) is 5.98. The zero-order valence-electron chi connectivity index (χ0n) is 10.1. The quantitative estimate of drug-likeness (QED) is 0.796. The molecule has 1 amide bonds. The minimum Gasteiger partial charge on any atom is -0.353 e. The molecule has 1 aliphatic carbocycles. The monoisotopic (exact) mass is 347 g/mol. The first-order valence-corrected chi connectivity index (χ1v) is 8.14. The minimum absolute atomic E-state index is 0.0736. The molecule has 2 N–H and O–H groups in total. The van der Waals surface area contributed by atoms with E-state index in [2.05, 4.69) is 31.0 Å². The Bertz CT molecular complexity index is 572. The smallest absolute Gasteiger partial charge is 0.242 e. The number of pyridine rings is 1. The van der Waals surface area contributed by atoms with Crippen LogP contribution in [0.3, 0.4) is 0 Å². The lowest BCUT2D eigenvalue weighted by molar-refractivity contribution is -0.121. The molecule has 8 heteroatoms. The van der Waals surface area contributed by atoms with Gasteiger partial charge in [0.05, 0.1) is 0 Å². The van der Waals surface area contributed by atoms with Gasteiger partial charge in [-0.1, -0.05) is 0 Å². The molecule has 0 radical (unpaired) electrons. The van der Waals surface area contributed by atoms with E-state index in [4.69, 9.17) is 0 Å². The summed E-state index contributed by atoms with van der Waals surface area (Å²) < 4.78 is 26.8. The van der Waals surface area contributed by atoms with Gasteiger partial charge in [-0.25, -0.2) is 13.1 Å². The molecule has 0 saturated heterocycles. The summed E-state index contributed by atoms with van der Waals surface area (Å²) in [5.41, 5.74) is 0. The maximum absolute atomic E-state index is 11.9. The van der Waals surface area contributed by atoms with Crippen molar-refractivity contribution in [2.24, 2.45) is 0 Å². The van der Waals surface area contributed by atoms with Crippen LogP contribution in [0.1, 0.15) is 19.3 Å². The van der Waals surface area contributed by atoms with Crippen LogP contribution < -0.4 is 10.0 Å². The van der Waals surface area contributed by atoms with Crippen molar-refractivity contribution >= 4 is 31.9 Å². The summed E-state index contributed by atoms with van der Waals surface area (Å²) in [7, 11) is -3.61. The van der Waals surface area contributed by atoms with Crippen LogP contribution in [-0.4, -0.2) is 31.9 Å². The number of sulfonamides is 1. The maximum Gasteiger partial charge on any atom is 0.242 e. The van der Waals surface area contributed by atoms with Crippen LogP contribution in [0.15, 0.2) is 27.8 Å². The van der Waals surface area contributed by atoms with Crippen molar-refractivity contribution in [2.75, 3.05) is 6.54 Å². The van der Waals surface area contributed by atoms with Gasteiger partial charge in [-0.15, -0.1) is 0 Å². The predicted molar refractivity (Wildman–Crippen MR) is 72.9 cm³/mol. The molecule has 1 fully saturated rings. The average Bonchev–Trinajstić information content (AvgIpc) is 3.12. The second-order valence-corrected chi connectivity index (χ2v) is 7.01. The van der Waals surface area contributed by atoms with Gasteiger partial charge in [0.1, 0.15) is 4.90 Å². The number of aromatic nitrogens is 1. The molecule has 104 valence electrons. The highest BCUT2D eigenvalue weighted by atomic mass is 79.9. The van der Waals surface area contributed by atoms with E-state index in [1.165, 1.54) is 18.5 Å². The van der Waals surface area contributed by atoms with Crippen molar-refractivity contribution in [3.63, 3.8) is 0 Å². The fourth-order valence-corrected chi connectivity index (χ4v) is 2.98. The molecule has 0 unspecified atom stereocenters. The Labute approximate surface area is 120 Å². The lowest BCUT2D eigenvalue weighted by Crippen LogP contribution is -2.31. The molecule has 0 atom stereocenters. The fraction of sp³-hybridized carbons (Fsp3) is 0.455. The van der Waals surface area contributed by atoms with Crippen LogP contribution in [0.2, 0.25) is 0 Å². The van der Waals surface area contributed by atoms with Gasteiger partial charge in [-0.3, -0.25) is 9.78 Å². The van der Waals surface area contributed by atoms with Crippen molar-refractivity contribution in [1.29, 1.82) is 0 Å². The summed E-state index contributed by atoms with van der Waals surface area (Å²) in [5.74, 6) is -0.127. The van der Waals surface area contributed by atoms with Gasteiger partial charge < -0.3 is 5.32 Å². The zero-order chi connectivity index (χ0) is 13.9. The molecule has 0 bridgehead atoms. The van der Waals surface area contributed by atoms with Gasteiger partial charge in [0.25, 0.3) is 0 Å². The summed E-state index contributed by atoms with van der Waals surface area (Å²) in [5, 5.41) is 2.80. The molecule has 2 rings (SSSR count). The fourth-order valence-electron chi connectivity index (χ4n) is 1.45. The third-order valence-corrected chi connectivity index (χ3v) is 4.44. The molecule has 0 aliphatic heterocycles. The SMILES string of the molecule is O=C(CCNS(=O)(=O)c1cncc(Br)c1)NC1CC1. The molecule has 1 heterocycles. The molecule has 0 spiro atoms. The average molecular weight is 348 g/mol. The van der Waals surface area contributed by atoms with Crippen LogP contribution in [0.25, 0.3) is 0 Å². The predicted octanol–water partition coefficient (Wildman–Crippen LogP) is 0.791. The molecule has 1 aromatic heterocycles. The van der Waals surface area contributed by atoms with Gasteiger partial charge in [-0.05, 0) is 34.8 Å². The highest BCUT2D eigenvalue weighted by Crippen LogP contribution is 2.18. The van der Waals surface area contributed by atoms with Crippen molar-refractivity contribution in [1.82, 2.24) is 15.0 Å². The number of amides is 1. The lowest BCUT2D eigenvalue weighted by Gasteiger charge is -2.07. The Morgan fingerprint density at radius 2 is 2.16 bits per heavy atom. The number of hydrogen-bond donors (Lipinski definition) is 2. The molecule has 1 aliphatic rings. The van der Waals surface area contributed by atoms with E-state index in [-0.39, 0.29) is 23.8 Å². The Hall–Kier alpha value is -0.990. The van der Waals surface area contributed by atoms with Crippen molar-refractivity contribution in [2.45, 2.75) is 30.2 Å². The van der Waals surface area contributed by atoms with E-state index in [1.54, 1.807) is 0 Å². The Balaban J connectivity index is 1.85. The molecule has 6 nitrogen and oxygen atoms in total. The summed E-state index contributed by atoms with van der Waals surface area (Å²) in [6.07, 6.45) is 4.93. The summed E-state index contributed by atoms with van der Waals surface area (Å²) in [4.78, 5) is 15.3. The lowest BCUT2D eigenvalue weighted by atomic mass is 10.4. The summed E-state index contributed by atoms with van der Waals surface area (Å²) >= 11 is 3.16. The van der Waals surface area contributed by atoms with Crippen LogP contribution in [0, 0.1) is 0 Å². The third kappa shape index (κ3) is 4.55. The van der Waals surface area contributed by atoms with E-state index in [9.17, 15) is 13.2 Å². The van der Waals surface area contributed by atoms with E-state index < -0.39 is 10.0 Å². The standard InChI is InChI=1S/C11H14BrN3O3S/c12-8-5-10(7-13-6-8)19(17,18)14-4-3-11(16)15-9-1-2-9/h5-7,9,14H,1-4H2,(H,15,16). The van der Waals surface area contributed by atoms with E-state index in [0.29, 0.717) is 10.5 Å². The number of hydrogen-bond acceptors (Lipinski definition) is 4. The number of rotatable bonds is 6. The zero-order valence-corrected chi connectivity index (χ0v) is 12.5. The number of nitrogens with zero attached hydrogens (tertiary/aromatic N) is 1. The van der Waals surface area contributed by atoms with Crippen LogP contribution >= 0.6 is 15.9 Å². The molecule has 19 heavy (non-hydrogen) atoms. The largest absolute Gasteiger partial charge is 0.353 e. The Morgan fingerprint density at radius 1 is 1.42 bits per heavy atom. The van der Waals surface area contributed by atoms with E-state index in [1.807, 2.05) is 0 Å². The molecular formula is C11H14BrN3O3S. The van der Waals surface area contributed by atoms with Crippen molar-refractivity contribution in [3.8, 4) is 0 Å². The number of carbonyl (C=O) groups is 1. The topological polar surface area (TPSA) is 88.2 Å². The first kappa shape index (κ1) is 14.4. The van der Waals surface area contributed by atoms with Gasteiger partial charge in [0.15, 0.2) is 0 Å². The second-order valence-electron chi connectivity index (χ2n) is 4.33. The van der Waals surface area contributed by atoms with Gasteiger partial charge in [0, 0.05) is 35.9 Å². The normalized spacial score (nSPS) is 15.2. The summed E-state index contributed by atoms with van der Waals surface area (Å²) in [6.45, 7) is 0.0768. The van der Waals surface area contributed by atoms with Crippen LogP contribution in [0.4, 0.5) is 0 Å². The Morgan fingerprint density at radius 3 is 2.79 bits per heavy atom. The van der Waals surface area contributed by atoms with Gasteiger partial charge in [0.2, 0.25) is 15.9 Å². The van der Waals surface area contributed by atoms with Crippen molar-refractivity contribution < 1.29 is 13.2 Å².